The van der Waals surface area contributed by atoms with E-state index < -0.39 is 0 Å². The number of anilines is 2. The summed E-state index contributed by atoms with van der Waals surface area (Å²) in [6, 6.07) is 2.18. The summed E-state index contributed by atoms with van der Waals surface area (Å²) >= 11 is 3.37. The third-order valence-corrected chi connectivity index (χ3v) is 4.97. The van der Waals surface area contributed by atoms with Crippen molar-refractivity contribution in [2.75, 3.05) is 17.2 Å². The maximum absolute atomic E-state index is 4.59. The van der Waals surface area contributed by atoms with Crippen molar-refractivity contribution < 1.29 is 0 Å². The molecule has 0 unspecified atom stereocenters. The van der Waals surface area contributed by atoms with Crippen molar-refractivity contribution in [3.8, 4) is 0 Å². The second-order valence-corrected chi connectivity index (χ2v) is 6.58. The Balaban J connectivity index is 1.94. The van der Waals surface area contributed by atoms with Crippen LogP contribution in [-0.4, -0.2) is 21.5 Å². The summed E-state index contributed by atoms with van der Waals surface area (Å²) in [6.07, 6.45) is 2.84. The Labute approximate surface area is 131 Å². The van der Waals surface area contributed by atoms with Crippen molar-refractivity contribution in [1.82, 2.24) is 15.0 Å². The molecule has 0 aliphatic carbocycles. The van der Waals surface area contributed by atoms with Crippen molar-refractivity contribution in [3.63, 3.8) is 0 Å². The fourth-order valence-electron chi connectivity index (χ4n) is 2.02. The molecule has 5 nitrogen and oxygen atoms in total. The summed E-state index contributed by atoms with van der Waals surface area (Å²) in [4.78, 5) is 15.8. The van der Waals surface area contributed by atoms with Crippen LogP contribution in [0.25, 0.3) is 10.2 Å². The molecule has 0 fully saturated rings. The van der Waals surface area contributed by atoms with Crippen LogP contribution in [0.1, 0.15) is 23.7 Å². The normalized spacial score (nSPS) is 11.0. The maximum atomic E-state index is 4.59. The average molecular weight is 319 g/mol. The van der Waals surface area contributed by atoms with E-state index in [0.29, 0.717) is 12.5 Å². The summed E-state index contributed by atoms with van der Waals surface area (Å²) in [5, 5.41) is 10.7. The molecule has 0 saturated heterocycles. The van der Waals surface area contributed by atoms with Crippen LogP contribution >= 0.6 is 22.7 Å². The average Bonchev–Trinajstić information content (AvgIpc) is 3.14. The summed E-state index contributed by atoms with van der Waals surface area (Å²) in [6.45, 7) is 5.70. The SMILES string of the molecule is CCNc1nc(NCc2nccs2)c2cc(CC)sc2n1. The molecule has 0 saturated carbocycles. The van der Waals surface area contributed by atoms with Gasteiger partial charge in [-0.25, -0.2) is 9.97 Å². The number of aromatic nitrogens is 3. The van der Waals surface area contributed by atoms with E-state index in [4.69, 9.17) is 0 Å². The number of thiazole rings is 1. The summed E-state index contributed by atoms with van der Waals surface area (Å²) in [5.41, 5.74) is 0. The van der Waals surface area contributed by atoms with Gasteiger partial charge in [-0.2, -0.15) is 4.98 Å². The highest BCUT2D eigenvalue weighted by molar-refractivity contribution is 7.18. The number of hydrogen-bond acceptors (Lipinski definition) is 7. The highest BCUT2D eigenvalue weighted by Crippen LogP contribution is 2.30. The maximum Gasteiger partial charge on any atom is 0.226 e. The van der Waals surface area contributed by atoms with Crippen molar-refractivity contribution in [2.24, 2.45) is 0 Å². The van der Waals surface area contributed by atoms with Crippen molar-refractivity contribution in [2.45, 2.75) is 26.8 Å². The Bertz CT molecular complexity index is 720. The van der Waals surface area contributed by atoms with Gasteiger partial charge in [0.25, 0.3) is 0 Å². The molecule has 0 amide bonds. The Kier molecular flexibility index (Phi) is 4.31. The van der Waals surface area contributed by atoms with E-state index >= 15 is 0 Å². The van der Waals surface area contributed by atoms with Crippen LogP contribution in [0.3, 0.4) is 0 Å². The van der Waals surface area contributed by atoms with Crippen LogP contribution < -0.4 is 10.6 Å². The van der Waals surface area contributed by atoms with Crippen molar-refractivity contribution in [1.29, 1.82) is 0 Å². The van der Waals surface area contributed by atoms with Gasteiger partial charge in [0.05, 0.1) is 11.9 Å². The number of hydrogen-bond donors (Lipinski definition) is 2. The van der Waals surface area contributed by atoms with Gasteiger partial charge in [0, 0.05) is 23.0 Å². The number of nitrogens with zero attached hydrogens (tertiary/aromatic N) is 3. The first-order valence-electron chi connectivity index (χ1n) is 6.96. The van der Waals surface area contributed by atoms with Gasteiger partial charge in [0.2, 0.25) is 5.95 Å². The van der Waals surface area contributed by atoms with Crippen LogP contribution in [0.4, 0.5) is 11.8 Å². The van der Waals surface area contributed by atoms with E-state index in [9.17, 15) is 0 Å². The summed E-state index contributed by atoms with van der Waals surface area (Å²) in [5.74, 6) is 1.55. The van der Waals surface area contributed by atoms with Gasteiger partial charge < -0.3 is 10.6 Å². The lowest BCUT2D eigenvalue weighted by atomic mass is 10.3. The van der Waals surface area contributed by atoms with Crippen LogP contribution in [0.2, 0.25) is 0 Å². The molecule has 7 heteroatoms. The Morgan fingerprint density at radius 1 is 1.19 bits per heavy atom. The fourth-order valence-corrected chi connectivity index (χ4v) is 3.54. The first-order chi connectivity index (χ1) is 10.3. The smallest absolute Gasteiger partial charge is 0.226 e. The van der Waals surface area contributed by atoms with Crippen LogP contribution in [0.15, 0.2) is 17.6 Å². The Hall–Kier alpha value is -1.73. The molecular formula is C14H17N5S2. The zero-order valence-electron chi connectivity index (χ0n) is 12.0. The molecule has 0 radical (unpaired) electrons. The molecular weight excluding hydrogens is 302 g/mol. The van der Waals surface area contributed by atoms with E-state index in [1.54, 1.807) is 22.7 Å². The van der Waals surface area contributed by atoms with Crippen molar-refractivity contribution in [3.05, 3.63) is 27.5 Å². The van der Waals surface area contributed by atoms with E-state index in [0.717, 1.165) is 34.0 Å². The molecule has 110 valence electrons. The van der Waals surface area contributed by atoms with E-state index in [-0.39, 0.29) is 0 Å². The molecule has 3 rings (SSSR count). The minimum atomic E-state index is 0.677. The zero-order valence-corrected chi connectivity index (χ0v) is 13.6. The van der Waals surface area contributed by atoms with Gasteiger partial charge in [-0.15, -0.1) is 22.7 Å². The zero-order chi connectivity index (χ0) is 14.7. The number of rotatable bonds is 6. The predicted octanol–water partition coefficient (Wildman–Crippen LogP) is 3.75. The Morgan fingerprint density at radius 2 is 2.10 bits per heavy atom. The quantitative estimate of drug-likeness (QED) is 0.724. The topological polar surface area (TPSA) is 62.7 Å². The van der Waals surface area contributed by atoms with Gasteiger partial charge in [0.15, 0.2) is 0 Å². The summed E-state index contributed by atoms with van der Waals surface area (Å²) < 4.78 is 0. The lowest BCUT2D eigenvalue weighted by Crippen LogP contribution is -2.06. The number of thiophene rings is 1. The molecule has 3 aromatic rings. The van der Waals surface area contributed by atoms with Gasteiger partial charge in [-0.3, -0.25) is 0 Å². The predicted molar refractivity (Wildman–Crippen MR) is 90.4 cm³/mol. The lowest BCUT2D eigenvalue weighted by molar-refractivity contribution is 1.06. The highest BCUT2D eigenvalue weighted by atomic mass is 32.1. The lowest BCUT2D eigenvalue weighted by Gasteiger charge is -2.08. The molecule has 21 heavy (non-hydrogen) atoms. The van der Waals surface area contributed by atoms with Gasteiger partial charge in [-0.1, -0.05) is 6.92 Å². The van der Waals surface area contributed by atoms with Gasteiger partial charge >= 0.3 is 0 Å². The first kappa shape index (κ1) is 14.2. The minimum absolute atomic E-state index is 0.677. The van der Waals surface area contributed by atoms with Gasteiger partial charge in [0.1, 0.15) is 15.7 Å². The third kappa shape index (κ3) is 3.14. The second kappa shape index (κ2) is 6.36. The molecule has 3 heterocycles. The molecule has 0 aliphatic heterocycles. The van der Waals surface area contributed by atoms with E-state index in [2.05, 4.69) is 38.6 Å². The van der Waals surface area contributed by atoms with E-state index in [1.165, 1.54) is 4.88 Å². The standard InChI is InChI=1S/C14H17N5S2/c1-3-9-7-10-12(17-8-11-16-5-6-20-11)18-14(15-4-2)19-13(10)21-9/h5-7H,3-4,8H2,1-2H3,(H2,15,17,18,19). The van der Waals surface area contributed by atoms with Gasteiger partial charge in [-0.05, 0) is 19.4 Å². The third-order valence-electron chi connectivity index (χ3n) is 3.02. The first-order valence-corrected chi connectivity index (χ1v) is 8.66. The minimum Gasteiger partial charge on any atom is -0.363 e. The molecule has 0 spiro atoms. The fraction of sp³-hybridized carbons (Fsp3) is 0.357. The molecule has 0 bridgehead atoms. The molecule has 0 aliphatic rings. The monoisotopic (exact) mass is 319 g/mol. The summed E-state index contributed by atoms with van der Waals surface area (Å²) in [7, 11) is 0. The molecule has 0 atom stereocenters. The van der Waals surface area contributed by atoms with E-state index in [1.807, 2.05) is 18.5 Å². The number of aryl methyl sites for hydroxylation is 1. The number of fused-ring (bicyclic) bond motifs is 1. The van der Waals surface area contributed by atoms with Crippen LogP contribution in [0, 0.1) is 0 Å². The molecule has 3 aromatic heterocycles. The second-order valence-electron chi connectivity index (χ2n) is 4.49. The van der Waals surface area contributed by atoms with Crippen molar-refractivity contribution >= 4 is 44.7 Å². The largest absolute Gasteiger partial charge is 0.363 e. The van der Waals surface area contributed by atoms with Crippen LogP contribution in [0.5, 0.6) is 0 Å². The molecule has 2 N–H and O–H groups in total. The Morgan fingerprint density at radius 3 is 2.81 bits per heavy atom. The van der Waals surface area contributed by atoms with Crippen LogP contribution in [-0.2, 0) is 13.0 Å². The number of nitrogens with one attached hydrogen (secondary N) is 2. The highest BCUT2D eigenvalue weighted by Gasteiger charge is 2.11. The molecule has 0 aromatic carbocycles.